The molecule has 0 saturated carbocycles. The molecular formula is C14H17Cl2NO3. The Balaban J connectivity index is 2.06. The highest BCUT2D eigenvalue weighted by molar-refractivity contribution is 6.36. The summed E-state index contributed by atoms with van der Waals surface area (Å²) in [7, 11) is 1.72. The third kappa shape index (κ3) is 3.64. The number of hydrogen-bond acceptors (Lipinski definition) is 3. The second-order valence-corrected chi connectivity index (χ2v) is 5.63. The normalized spacial score (nSPS) is 18.9. The Morgan fingerprint density at radius 1 is 1.35 bits per heavy atom. The molecule has 0 N–H and O–H groups in total. The van der Waals surface area contributed by atoms with Gasteiger partial charge in [0, 0.05) is 29.2 Å². The van der Waals surface area contributed by atoms with Gasteiger partial charge in [-0.2, -0.15) is 0 Å². The third-order valence-corrected chi connectivity index (χ3v) is 4.02. The molecular weight excluding hydrogens is 301 g/mol. The van der Waals surface area contributed by atoms with E-state index in [0.29, 0.717) is 42.0 Å². The monoisotopic (exact) mass is 317 g/mol. The second-order valence-electron chi connectivity index (χ2n) is 4.82. The minimum Gasteiger partial charge on any atom is -0.376 e. The highest BCUT2D eigenvalue weighted by Gasteiger charge is 2.21. The molecule has 1 aromatic rings. The van der Waals surface area contributed by atoms with Crippen LogP contribution in [0, 0.1) is 6.92 Å². The van der Waals surface area contributed by atoms with Crippen molar-refractivity contribution >= 4 is 29.1 Å². The minimum absolute atomic E-state index is 0.0888. The topological polar surface area (TPSA) is 38.8 Å². The molecule has 1 saturated heterocycles. The maximum atomic E-state index is 12.3. The highest BCUT2D eigenvalue weighted by Crippen LogP contribution is 2.26. The van der Waals surface area contributed by atoms with E-state index in [2.05, 4.69) is 0 Å². The van der Waals surface area contributed by atoms with E-state index in [9.17, 15) is 4.79 Å². The van der Waals surface area contributed by atoms with E-state index in [4.69, 9.17) is 32.7 Å². The Hall–Kier alpha value is -0.810. The molecule has 1 atom stereocenters. The third-order valence-electron chi connectivity index (χ3n) is 3.24. The summed E-state index contributed by atoms with van der Waals surface area (Å²) >= 11 is 12.1. The van der Waals surface area contributed by atoms with Gasteiger partial charge in [0.25, 0.3) is 5.91 Å². The Morgan fingerprint density at radius 3 is 2.55 bits per heavy atom. The number of amides is 1. The van der Waals surface area contributed by atoms with E-state index < -0.39 is 0 Å². The Kier molecular flexibility index (Phi) is 5.27. The van der Waals surface area contributed by atoms with Gasteiger partial charge >= 0.3 is 0 Å². The summed E-state index contributed by atoms with van der Waals surface area (Å²) in [5.41, 5.74) is 1.25. The smallest absolute Gasteiger partial charge is 0.253 e. The van der Waals surface area contributed by atoms with E-state index >= 15 is 0 Å². The Bertz CT molecular complexity index is 478. The molecule has 0 spiro atoms. The summed E-state index contributed by atoms with van der Waals surface area (Å²) in [5.74, 6) is -0.136. The van der Waals surface area contributed by atoms with Crippen molar-refractivity contribution in [2.24, 2.45) is 0 Å². The first-order valence-corrected chi connectivity index (χ1v) is 7.15. The van der Waals surface area contributed by atoms with Crippen LogP contribution in [0.25, 0.3) is 0 Å². The molecule has 2 rings (SSSR count). The molecule has 6 heteroatoms. The second kappa shape index (κ2) is 6.76. The molecule has 1 fully saturated rings. The van der Waals surface area contributed by atoms with E-state index in [1.54, 1.807) is 24.1 Å². The van der Waals surface area contributed by atoms with Crippen molar-refractivity contribution in [1.82, 2.24) is 4.90 Å². The summed E-state index contributed by atoms with van der Waals surface area (Å²) in [6.07, 6.45) is -0.0888. The maximum absolute atomic E-state index is 12.3. The number of benzene rings is 1. The van der Waals surface area contributed by atoms with E-state index in [1.807, 2.05) is 6.92 Å². The fourth-order valence-electron chi connectivity index (χ4n) is 2.02. The molecule has 0 unspecified atom stereocenters. The first-order chi connectivity index (χ1) is 9.49. The fraction of sp³-hybridized carbons (Fsp3) is 0.500. The van der Waals surface area contributed by atoms with Crippen molar-refractivity contribution in [2.75, 3.05) is 33.4 Å². The molecule has 20 heavy (non-hydrogen) atoms. The number of carbonyl (C=O) groups is 1. The van der Waals surface area contributed by atoms with Gasteiger partial charge < -0.3 is 14.4 Å². The molecule has 1 aliphatic rings. The lowest BCUT2D eigenvalue weighted by Gasteiger charge is -2.27. The molecule has 0 aromatic heterocycles. The summed E-state index contributed by atoms with van der Waals surface area (Å²) in [5, 5.41) is 0.984. The molecule has 1 aliphatic heterocycles. The predicted octanol–water partition coefficient (Wildman–Crippen LogP) is 2.79. The van der Waals surface area contributed by atoms with E-state index in [0.717, 1.165) is 5.56 Å². The van der Waals surface area contributed by atoms with E-state index in [-0.39, 0.29) is 12.0 Å². The summed E-state index contributed by atoms with van der Waals surface area (Å²) < 4.78 is 10.8. The van der Waals surface area contributed by atoms with Gasteiger partial charge in [0.05, 0.1) is 25.9 Å². The predicted molar refractivity (Wildman–Crippen MR) is 78.7 cm³/mol. The Labute approximate surface area is 128 Å². The number of halogens is 2. The largest absolute Gasteiger partial charge is 0.376 e. The van der Waals surface area contributed by atoms with Crippen LogP contribution in [0.1, 0.15) is 15.9 Å². The van der Waals surface area contributed by atoms with Crippen LogP contribution in [-0.2, 0) is 9.47 Å². The van der Waals surface area contributed by atoms with Crippen LogP contribution in [0.5, 0.6) is 0 Å². The van der Waals surface area contributed by atoms with Crippen molar-refractivity contribution < 1.29 is 14.3 Å². The van der Waals surface area contributed by atoms with Crippen molar-refractivity contribution in [3.8, 4) is 0 Å². The molecule has 0 aliphatic carbocycles. The number of carbonyl (C=O) groups excluding carboxylic acids is 1. The maximum Gasteiger partial charge on any atom is 0.253 e. The molecule has 4 nitrogen and oxygen atoms in total. The van der Waals surface area contributed by atoms with Crippen LogP contribution < -0.4 is 0 Å². The van der Waals surface area contributed by atoms with Crippen LogP contribution in [0.15, 0.2) is 12.1 Å². The lowest BCUT2D eigenvalue weighted by atomic mass is 10.1. The molecule has 110 valence electrons. The summed E-state index contributed by atoms with van der Waals surface area (Å²) in [6.45, 7) is 3.97. The minimum atomic E-state index is -0.136. The zero-order valence-corrected chi connectivity index (χ0v) is 13.0. The van der Waals surface area contributed by atoms with Crippen molar-refractivity contribution in [3.05, 3.63) is 33.3 Å². The van der Waals surface area contributed by atoms with Gasteiger partial charge in [0.2, 0.25) is 0 Å². The van der Waals surface area contributed by atoms with Gasteiger partial charge in [-0.05, 0) is 24.6 Å². The van der Waals surface area contributed by atoms with E-state index in [1.165, 1.54) is 0 Å². The number of likely N-dealkylation sites (N-methyl/N-ethyl adjacent to an activating group) is 1. The van der Waals surface area contributed by atoms with Gasteiger partial charge in [0.15, 0.2) is 0 Å². The molecule has 0 bridgehead atoms. The lowest BCUT2D eigenvalue weighted by molar-refractivity contribution is -0.0933. The first-order valence-electron chi connectivity index (χ1n) is 6.39. The summed E-state index contributed by atoms with van der Waals surface area (Å²) in [6, 6.07) is 3.28. The van der Waals surface area contributed by atoms with Crippen LogP contribution >= 0.6 is 23.2 Å². The van der Waals surface area contributed by atoms with Crippen LogP contribution in [0.4, 0.5) is 0 Å². The fourth-order valence-corrected chi connectivity index (χ4v) is 2.51. The number of rotatable bonds is 3. The van der Waals surface area contributed by atoms with Gasteiger partial charge in [-0.3, -0.25) is 4.79 Å². The molecule has 1 amide bonds. The number of ether oxygens (including phenoxy) is 2. The zero-order chi connectivity index (χ0) is 14.7. The van der Waals surface area contributed by atoms with Crippen molar-refractivity contribution in [3.63, 3.8) is 0 Å². The molecule has 1 aromatic carbocycles. The lowest BCUT2D eigenvalue weighted by Crippen LogP contribution is -2.40. The van der Waals surface area contributed by atoms with Gasteiger partial charge in [-0.25, -0.2) is 0 Å². The number of nitrogens with zero attached hydrogens (tertiary/aromatic N) is 1. The van der Waals surface area contributed by atoms with Crippen molar-refractivity contribution in [1.29, 1.82) is 0 Å². The number of hydrogen-bond donors (Lipinski definition) is 0. The first kappa shape index (κ1) is 15.6. The molecule has 1 heterocycles. The summed E-state index contributed by atoms with van der Waals surface area (Å²) in [4.78, 5) is 13.9. The average Bonchev–Trinajstić information content (AvgIpc) is 2.44. The average molecular weight is 318 g/mol. The van der Waals surface area contributed by atoms with Crippen molar-refractivity contribution in [2.45, 2.75) is 13.0 Å². The SMILES string of the molecule is Cc1c(Cl)cc(C(=O)N(C)C[C@@H]2COCCO2)cc1Cl. The Morgan fingerprint density at radius 2 is 2.00 bits per heavy atom. The van der Waals surface area contributed by atoms with Gasteiger partial charge in [-0.15, -0.1) is 0 Å². The van der Waals surface area contributed by atoms with Crippen LogP contribution in [0.3, 0.4) is 0 Å². The highest BCUT2D eigenvalue weighted by atomic mass is 35.5. The van der Waals surface area contributed by atoms with Crippen LogP contribution in [-0.4, -0.2) is 50.3 Å². The standard InChI is InChI=1S/C14H17Cl2NO3/c1-9-12(15)5-10(6-13(9)16)14(18)17(2)7-11-8-19-3-4-20-11/h5-6,11H,3-4,7-8H2,1-2H3/t11-/m1/s1. The van der Waals surface area contributed by atoms with Crippen LogP contribution in [0.2, 0.25) is 10.0 Å². The quantitative estimate of drug-likeness (QED) is 0.860. The molecule has 0 radical (unpaired) electrons. The zero-order valence-electron chi connectivity index (χ0n) is 11.5. The van der Waals surface area contributed by atoms with Gasteiger partial charge in [0.1, 0.15) is 0 Å². The van der Waals surface area contributed by atoms with Gasteiger partial charge in [-0.1, -0.05) is 23.2 Å².